The average molecular weight is 288 g/mol. The molecule has 0 amide bonds. The third-order valence-electron chi connectivity index (χ3n) is 2.15. The highest BCUT2D eigenvalue weighted by Gasteiger charge is 2.44. The number of halogens is 6. The van der Waals surface area contributed by atoms with Crippen LogP contribution in [0, 0.1) is 0 Å². The zero-order chi connectivity index (χ0) is 15.0. The Morgan fingerprint density at radius 2 is 1.47 bits per heavy atom. The van der Waals surface area contributed by atoms with Crippen molar-refractivity contribution in [3.63, 3.8) is 0 Å². The van der Waals surface area contributed by atoms with Gasteiger partial charge in [-0.15, -0.1) is 0 Å². The van der Waals surface area contributed by atoms with E-state index in [0.717, 1.165) is 7.11 Å². The van der Waals surface area contributed by atoms with Gasteiger partial charge < -0.3 is 9.84 Å². The van der Waals surface area contributed by atoms with Crippen molar-refractivity contribution < 1.29 is 41.0 Å². The third-order valence-corrected chi connectivity index (χ3v) is 2.15. The molecular formula is C10H6F6O3. The van der Waals surface area contributed by atoms with Crippen molar-refractivity contribution in [2.45, 2.75) is 12.4 Å². The monoisotopic (exact) mass is 288 g/mol. The van der Waals surface area contributed by atoms with Crippen LogP contribution < -0.4 is 0 Å². The largest absolute Gasteiger partial charge is 0.507 e. The van der Waals surface area contributed by atoms with Crippen LogP contribution in [0.15, 0.2) is 12.1 Å². The molecule has 3 nitrogen and oxygen atoms in total. The van der Waals surface area contributed by atoms with E-state index in [1.54, 1.807) is 0 Å². The van der Waals surface area contributed by atoms with Gasteiger partial charge in [-0.2, -0.15) is 26.3 Å². The molecule has 0 saturated heterocycles. The average Bonchev–Trinajstić information content (AvgIpc) is 2.24. The van der Waals surface area contributed by atoms with E-state index in [1.165, 1.54) is 0 Å². The van der Waals surface area contributed by atoms with Gasteiger partial charge in [0.05, 0.1) is 18.2 Å². The lowest BCUT2D eigenvalue weighted by Crippen LogP contribution is -2.18. The molecule has 0 saturated carbocycles. The Labute approximate surface area is 102 Å². The van der Waals surface area contributed by atoms with Crippen molar-refractivity contribution in [1.29, 1.82) is 0 Å². The highest BCUT2D eigenvalue weighted by atomic mass is 19.4. The van der Waals surface area contributed by atoms with E-state index in [0.29, 0.717) is 0 Å². The number of hydrogen-bond acceptors (Lipinski definition) is 3. The van der Waals surface area contributed by atoms with Gasteiger partial charge in [-0.05, 0) is 12.1 Å². The molecule has 0 aromatic heterocycles. The van der Waals surface area contributed by atoms with Gasteiger partial charge >= 0.3 is 18.3 Å². The van der Waals surface area contributed by atoms with Gasteiger partial charge in [0.25, 0.3) is 0 Å². The Kier molecular flexibility index (Phi) is 3.69. The van der Waals surface area contributed by atoms with Crippen molar-refractivity contribution in [2.24, 2.45) is 0 Å². The summed E-state index contributed by atoms with van der Waals surface area (Å²) in [6.45, 7) is 0. The van der Waals surface area contributed by atoms with E-state index in [9.17, 15) is 36.2 Å². The van der Waals surface area contributed by atoms with Crippen molar-refractivity contribution in [3.8, 4) is 5.75 Å². The number of methoxy groups -OCH3 is 1. The summed E-state index contributed by atoms with van der Waals surface area (Å²) < 4.78 is 79.0. The first-order valence-electron chi connectivity index (χ1n) is 4.58. The number of phenols is 1. The minimum Gasteiger partial charge on any atom is -0.507 e. The Morgan fingerprint density at radius 3 is 1.84 bits per heavy atom. The molecule has 1 N–H and O–H groups in total. The molecule has 0 aliphatic rings. The highest BCUT2D eigenvalue weighted by molar-refractivity contribution is 5.92. The molecule has 9 heteroatoms. The van der Waals surface area contributed by atoms with Crippen molar-refractivity contribution in [2.75, 3.05) is 7.11 Å². The van der Waals surface area contributed by atoms with Crippen LogP contribution in [0.5, 0.6) is 5.75 Å². The molecule has 0 aliphatic heterocycles. The second kappa shape index (κ2) is 4.63. The molecule has 1 rings (SSSR count). The van der Waals surface area contributed by atoms with Gasteiger partial charge in [0, 0.05) is 0 Å². The van der Waals surface area contributed by atoms with E-state index < -0.39 is 40.8 Å². The Morgan fingerprint density at radius 1 is 1.05 bits per heavy atom. The fourth-order valence-electron chi connectivity index (χ4n) is 1.33. The maximum Gasteiger partial charge on any atom is 0.417 e. The molecule has 1 aromatic rings. The summed E-state index contributed by atoms with van der Waals surface area (Å²) in [6.07, 6.45) is -10.7. The van der Waals surface area contributed by atoms with Gasteiger partial charge in [-0.25, -0.2) is 4.79 Å². The zero-order valence-electron chi connectivity index (χ0n) is 9.19. The molecule has 0 radical (unpaired) electrons. The van der Waals surface area contributed by atoms with E-state index in [4.69, 9.17) is 0 Å². The lowest BCUT2D eigenvalue weighted by molar-refractivity contribution is -0.162. The molecule has 0 spiro atoms. The first-order chi connectivity index (χ1) is 8.48. The van der Waals surface area contributed by atoms with E-state index >= 15 is 0 Å². The first-order valence-corrected chi connectivity index (χ1v) is 4.58. The molecular weight excluding hydrogens is 282 g/mol. The second-order valence-corrected chi connectivity index (χ2v) is 3.40. The maximum absolute atomic E-state index is 12.5. The summed E-state index contributed by atoms with van der Waals surface area (Å²) in [5, 5.41) is 9.18. The van der Waals surface area contributed by atoms with Crippen molar-refractivity contribution >= 4 is 5.97 Å². The predicted octanol–water partition coefficient (Wildman–Crippen LogP) is 3.22. The van der Waals surface area contributed by atoms with Crippen LogP contribution in [0.3, 0.4) is 0 Å². The molecule has 106 valence electrons. The standard InChI is InChI=1S/C10H6F6O3/c1-19-8(18)4-2-5(9(11,12)13)6(3-7(4)17)10(14,15)16/h2-3,17H,1H3. The number of rotatable bonds is 1. The summed E-state index contributed by atoms with van der Waals surface area (Å²) in [4.78, 5) is 11.0. The fourth-order valence-corrected chi connectivity index (χ4v) is 1.33. The molecule has 0 fully saturated rings. The fraction of sp³-hybridized carbons (Fsp3) is 0.300. The number of esters is 1. The van der Waals surface area contributed by atoms with Gasteiger partial charge in [0.1, 0.15) is 11.3 Å². The summed E-state index contributed by atoms with van der Waals surface area (Å²) >= 11 is 0. The van der Waals surface area contributed by atoms with Crippen LogP contribution in [-0.4, -0.2) is 18.2 Å². The van der Waals surface area contributed by atoms with Crippen LogP contribution in [0.2, 0.25) is 0 Å². The number of benzene rings is 1. The van der Waals surface area contributed by atoms with E-state index in [1.807, 2.05) is 0 Å². The number of carbonyl (C=O) groups excluding carboxylic acids is 1. The second-order valence-electron chi connectivity index (χ2n) is 3.40. The molecule has 19 heavy (non-hydrogen) atoms. The van der Waals surface area contributed by atoms with Crippen molar-refractivity contribution in [3.05, 3.63) is 28.8 Å². The smallest absolute Gasteiger partial charge is 0.417 e. The van der Waals surface area contributed by atoms with Gasteiger partial charge in [0.15, 0.2) is 0 Å². The van der Waals surface area contributed by atoms with Gasteiger partial charge in [0.2, 0.25) is 0 Å². The van der Waals surface area contributed by atoms with Gasteiger partial charge in [-0.3, -0.25) is 0 Å². The molecule has 1 aromatic carbocycles. The lowest BCUT2D eigenvalue weighted by Gasteiger charge is -2.17. The highest BCUT2D eigenvalue weighted by Crippen LogP contribution is 2.42. The van der Waals surface area contributed by atoms with Gasteiger partial charge in [-0.1, -0.05) is 0 Å². The number of carbonyl (C=O) groups is 1. The number of phenolic OH excluding ortho intramolecular Hbond substituents is 1. The molecule has 0 bridgehead atoms. The number of alkyl halides is 6. The normalized spacial score (nSPS) is 12.4. The topological polar surface area (TPSA) is 46.5 Å². The first kappa shape index (κ1) is 15.1. The van der Waals surface area contributed by atoms with Crippen LogP contribution >= 0.6 is 0 Å². The number of ether oxygens (including phenoxy) is 1. The molecule has 0 heterocycles. The zero-order valence-corrected chi connectivity index (χ0v) is 9.19. The van der Waals surface area contributed by atoms with Crippen LogP contribution in [0.25, 0.3) is 0 Å². The Hall–Kier alpha value is -1.93. The number of hydrogen-bond donors (Lipinski definition) is 1. The summed E-state index contributed by atoms with van der Waals surface area (Å²) in [6, 6.07) is -0.251. The minimum atomic E-state index is -5.33. The molecule has 0 atom stereocenters. The lowest BCUT2D eigenvalue weighted by atomic mass is 10.0. The SMILES string of the molecule is COC(=O)c1cc(C(F)(F)F)c(C(F)(F)F)cc1O. The third kappa shape index (κ3) is 3.09. The van der Waals surface area contributed by atoms with Crippen LogP contribution in [-0.2, 0) is 17.1 Å². The van der Waals surface area contributed by atoms with Crippen LogP contribution in [0.1, 0.15) is 21.5 Å². The summed E-state index contributed by atoms with van der Waals surface area (Å²) in [7, 11) is 0.812. The molecule has 0 unspecified atom stereocenters. The van der Waals surface area contributed by atoms with E-state index in [-0.39, 0.29) is 12.1 Å². The van der Waals surface area contributed by atoms with E-state index in [2.05, 4.69) is 4.74 Å². The Balaban J connectivity index is 3.61. The minimum absolute atomic E-state index is 0.0933. The predicted molar refractivity (Wildman–Crippen MR) is 49.5 cm³/mol. The number of aromatic hydroxyl groups is 1. The van der Waals surface area contributed by atoms with Crippen LogP contribution in [0.4, 0.5) is 26.3 Å². The summed E-state index contributed by atoms with van der Waals surface area (Å²) in [5.74, 6) is -2.62. The molecule has 0 aliphatic carbocycles. The Bertz CT molecular complexity index is 503. The quantitative estimate of drug-likeness (QED) is 0.637. The van der Waals surface area contributed by atoms with Crippen molar-refractivity contribution in [1.82, 2.24) is 0 Å². The maximum atomic E-state index is 12.5. The summed E-state index contributed by atoms with van der Waals surface area (Å²) in [5.41, 5.74) is -5.15.